The minimum Gasteiger partial charge on any atom is -0.455 e. The summed E-state index contributed by atoms with van der Waals surface area (Å²) < 4.78 is 18.0. The Morgan fingerprint density at radius 2 is 1.90 bits per heavy atom. The van der Waals surface area contributed by atoms with Crippen molar-refractivity contribution in [2.45, 2.75) is 83.9 Å². The third-order valence-electron chi connectivity index (χ3n) is 10.1. The van der Waals surface area contributed by atoms with E-state index in [9.17, 15) is 29.4 Å². The highest BCUT2D eigenvalue weighted by atomic mass is 16.6. The van der Waals surface area contributed by atoms with Gasteiger partial charge < -0.3 is 24.4 Å². The van der Waals surface area contributed by atoms with E-state index in [1.807, 2.05) is 6.92 Å². The third kappa shape index (κ3) is 3.54. The molecule has 5 rings (SSSR count). The Labute approximate surface area is 226 Å². The second-order valence-electron chi connectivity index (χ2n) is 12.3. The Morgan fingerprint density at radius 1 is 1.21 bits per heavy atom. The first-order valence-corrected chi connectivity index (χ1v) is 13.2. The zero-order chi connectivity index (χ0) is 28.7. The molecule has 39 heavy (non-hydrogen) atoms. The van der Waals surface area contributed by atoms with Crippen LogP contribution in [0.1, 0.15) is 64.7 Å². The molecule has 3 fully saturated rings. The van der Waals surface area contributed by atoms with Gasteiger partial charge in [0.1, 0.15) is 23.9 Å². The predicted octanol–water partition coefficient (Wildman–Crippen LogP) is 1.96. The number of aromatic nitrogens is 1. The van der Waals surface area contributed by atoms with Crippen LogP contribution in [0.5, 0.6) is 0 Å². The standard InChI is InChI=1S/C29H35NO9/c1-14-10-19-28(13-37-19,39-16(3)31)22-24(38-25(35)17-8-7-9-30-12-17)29(36)11-18(32)15(2)20(26(29,4)5)21(33)23(34)27(14,22)6/h7-9,12,14,19,21-22,24,33,36H,10-11,13H2,1-6H3/t14-,19?,21?,22?,24?,27+,28?,29?/m0/s1. The van der Waals surface area contributed by atoms with E-state index in [-0.39, 0.29) is 23.3 Å². The topological polar surface area (TPSA) is 149 Å². The summed E-state index contributed by atoms with van der Waals surface area (Å²) in [7, 11) is 0. The average Bonchev–Trinajstić information content (AvgIpc) is 2.87. The number of Topliss-reactive ketones (excluding diaryl/α,β-unsaturated/α-hetero) is 2. The number of carbonyl (C=O) groups excluding carboxylic acids is 4. The molecule has 8 atom stereocenters. The summed E-state index contributed by atoms with van der Waals surface area (Å²) in [6.45, 7) is 9.42. The van der Waals surface area contributed by atoms with E-state index in [2.05, 4.69) is 4.98 Å². The lowest BCUT2D eigenvalue weighted by molar-refractivity contribution is -0.338. The summed E-state index contributed by atoms with van der Waals surface area (Å²) in [4.78, 5) is 57.8. The van der Waals surface area contributed by atoms with Gasteiger partial charge in [0.05, 0.1) is 18.1 Å². The Balaban J connectivity index is 1.82. The highest BCUT2D eigenvalue weighted by molar-refractivity contribution is 6.02. The first-order valence-electron chi connectivity index (χ1n) is 13.2. The molecule has 6 unspecified atom stereocenters. The van der Waals surface area contributed by atoms with Gasteiger partial charge in [-0.15, -0.1) is 0 Å². The summed E-state index contributed by atoms with van der Waals surface area (Å²) in [6, 6.07) is 3.06. The average molecular weight is 542 g/mol. The monoisotopic (exact) mass is 541 g/mol. The van der Waals surface area contributed by atoms with E-state index in [1.54, 1.807) is 26.8 Å². The number of hydrogen-bond acceptors (Lipinski definition) is 10. The number of allylic oxidation sites excluding steroid dienone is 1. The van der Waals surface area contributed by atoms with Crippen molar-refractivity contribution in [3.8, 4) is 0 Å². The highest BCUT2D eigenvalue weighted by Crippen LogP contribution is 2.64. The van der Waals surface area contributed by atoms with Gasteiger partial charge in [0.15, 0.2) is 17.2 Å². The van der Waals surface area contributed by atoms with E-state index in [4.69, 9.17) is 14.2 Å². The molecule has 0 amide bonds. The molecule has 10 nitrogen and oxygen atoms in total. The zero-order valence-corrected chi connectivity index (χ0v) is 23.0. The summed E-state index contributed by atoms with van der Waals surface area (Å²) in [5.74, 6) is -4.08. The van der Waals surface area contributed by atoms with E-state index in [0.29, 0.717) is 6.42 Å². The fourth-order valence-electron chi connectivity index (χ4n) is 7.68. The summed E-state index contributed by atoms with van der Waals surface area (Å²) in [5.41, 5.74) is -5.93. The number of esters is 2. The number of rotatable bonds is 3. The largest absolute Gasteiger partial charge is 0.455 e. The summed E-state index contributed by atoms with van der Waals surface area (Å²) >= 11 is 0. The fourth-order valence-corrected chi connectivity index (χ4v) is 7.68. The number of nitrogens with zero attached hydrogens (tertiary/aromatic N) is 1. The van der Waals surface area contributed by atoms with Gasteiger partial charge in [0.25, 0.3) is 0 Å². The number of hydrogen-bond donors (Lipinski definition) is 2. The lowest BCUT2D eigenvalue weighted by Gasteiger charge is -2.67. The summed E-state index contributed by atoms with van der Waals surface area (Å²) in [6.07, 6.45) is -1.12. The van der Waals surface area contributed by atoms with Gasteiger partial charge in [0, 0.05) is 36.6 Å². The maximum absolute atomic E-state index is 14.4. The van der Waals surface area contributed by atoms with Gasteiger partial charge in [-0.3, -0.25) is 19.4 Å². The maximum Gasteiger partial charge on any atom is 0.340 e. The van der Waals surface area contributed by atoms with Gasteiger partial charge in [-0.05, 0) is 42.5 Å². The van der Waals surface area contributed by atoms with Crippen LogP contribution >= 0.6 is 0 Å². The number of ketones is 2. The lowest BCUT2D eigenvalue weighted by atomic mass is 9.43. The Hall–Kier alpha value is -2.95. The molecule has 2 saturated carbocycles. The van der Waals surface area contributed by atoms with E-state index < -0.39 is 82.1 Å². The van der Waals surface area contributed by atoms with Crippen LogP contribution in [0, 0.1) is 22.7 Å². The molecule has 0 aromatic carbocycles. The van der Waals surface area contributed by atoms with Crippen molar-refractivity contribution in [1.82, 2.24) is 4.98 Å². The molecule has 2 heterocycles. The lowest BCUT2D eigenvalue weighted by Crippen LogP contribution is -2.80. The molecule has 1 aliphatic heterocycles. The highest BCUT2D eigenvalue weighted by Gasteiger charge is 2.77. The molecule has 10 heteroatoms. The fraction of sp³-hybridized carbons (Fsp3) is 0.621. The van der Waals surface area contributed by atoms with Crippen LogP contribution in [0.4, 0.5) is 0 Å². The van der Waals surface area contributed by atoms with Gasteiger partial charge in [-0.2, -0.15) is 0 Å². The summed E-state index contributed by atoms with van der Waals surface area (Å²) in [5, 5.41) is 24.3. The van der Waals surface area contributed by atoms with Gasteiger partial charge >= 0.3 is 11.9 Å². The quantitative estimate of drug-likeness (QED) is 0.544. The molecule has 2 N–H and O–H groups in total. The molecular formula is C29H35NO9. The normalized spacial score (nSPS) is 40.9. The van der Waals surface area contributed by atoms with Crippen molar-refractivity contribution in [1.29, 1.82) is 0 Å². The van der Waals surface area contributed by atoms with E-state index in [1.165, 1.54) is 32.3 Å². The molecular weight excluding hydrogens is 506 g/mol. The second-order valence-corrected chi connectivity index (χ2v) is 12.3. The molecule has 0 spiro atoms. The second kappa shape index (κ2) is 8.78. The molecule has 2 bridgehead atoms. The van der Waals surface area contributed by atoms with Crippen molar-refractivity contribution in [2.24, 2.45) is 22.7 Å². The minimum atomic E-state index is -2.07. The van der Waals surface area contributed by atoms with Crippen molar-refractivity contribution in [3.63, 3.8) is 0 Å². The number of fused-ring (bicyclic) bond motifs is 5. The molecule has 0 radical (unpaired) electrons. The Bertz CT molecular complexity index is 1290. The Morgan fingerprint density at radius 3 is 2.46 bits per heavy atom. The number of carbonyl (C=O) groups is 4. The number of pyridine rings is 1. The predicted molar refractivity (Wildman–Crippen MR) is 135 cm³/mol. The van der Waals surface area contributed by atoms with Crippen LogP contribution in [0.2, 0.25) is 0 Å². The molecule has 210 valence electrons. The molecule has 1 saturated heterocycles. The molecule has 3 aliphatic carbocycles. The van der Waals surface area contributed by atoms with Crippen LogP contribution in [0.15, 0.2) is 35.7 Å². The Kier molecular flexibility index (Phi) is 6.21. The molecule has 1 aromatic rings. The SMILES string of the molecule is CC(=O)OC12COC1C[C@H](C)[C@@]1(C)C(=O)C(O)C3=C(C)C(=O)CC(O)(C(OC(=O)c4cccnc4)C21)C3(C)C. The first-order chi connectivity index (χ1) is 18.1. The van der Waals surface area contributed by atoms with E-state index >= 15 is 0 Å². The molecule has 1 aromatic heterocycles. The van der Waals surface area contributed by atoms with Crippen molar-refractivity contribution in [3.05, 3.63) is 41.2 Å². The smallest absolute Gasteiger partial charge is 0.340 e. The maximum atomic E-state index is 14.4. The van der Waals surface area contributed by atoms with Crippen LogP contribution in [0.25, 0.3) is 0 Å². The van der Waals surface area contributed by atoms with Gasteiger partial charge in [-0.25, -0.2) is 4.79 Å². The number of aliphatic hydroxyl groups is 2. The van der Waals surface area contributed by atoms with Crippen LogP contribution in [-0.4, -0.2) is 74.8 Å². The first kappa shape index (κ1) is 27.6. The van der Waals surface area contributed by atoms with Gasteiger partial charge in [0.2, 0.25) is 0 Å². The minimum absolute atomic E-state index is 0.0965. The number of aliphatic hydroxyl groups excluding tert-OH is 1. The van der Waals surface area contributed by atoms with Crippen LogP contribution in [-0.2, 0) is 28.6 Å². The zero-order valence-electron chi connectivity index (χ0n) is 23.0. The van der Waals surface area contributed by atoms with Crippen LogP contribution < -0.4 is 0 Å². The van der Waals surface area contributed by atoms with Crippen molar-refractivity contribution in [2.75, 3.05) is 6.61 Å². The van der Waals surface area contributed by atoms with Gasteiger partial charge in [-0.1, -0.05) is 27.7 Å². The third-order valence-corrected chi connectivity index (χ3v) is 10.1. The van der Waals surface area contributed by atoms with Crippen molar-refractivity contribution < 1.29 is 43.6 Å². The molecule has 4 aliphatic rings. The van der Waals surface area contributed by atoms with Crippen molar-refractivity contribution >= 4 is 23.5 Å². The number of ether oxygens (including phenoxy) is 3. The van der Waals surface area contributed by atoms with E-state index in [0.717, 1.165) is 0 Å². The van der Waals surface area contributed by atoms with Crippen LogP contribution in [0.3, 0.4) is 0 Å².